The smallest absolute Gasteiger partial charge is 0.249 e. The Kier molecular flexibility index (Phi) is 8.85. The van der Waals surface area contributed by atoms with E-state index in [0.29, 0.717) is 11.6 Å². The first-order valence-corrected chi connectivity index (χ1v) is 12.1. The van der Waals surface area contributed by atoms with Crippen LogP contribution in [0.5, 0.6) is 0 Å². The zero-order chi connectivity index (χ0) is 21.2. The van der Waals surface area contributed by atoms with Crippen LogP contribution in [-0.4, -0.2) is 46.9 Å². The average molecular weight is 446 g/mol. The number of carbonyl (C=O) groups is 2. The quantitative estimate of drug-likeness (QED) is 0.312. The van der Waals surface area contributed by atoms with Gasteiger partial charge in [0.2, 0.25) is 16.9 Å². The van der Waals surface area contributed by atoms with Crippen LogP contribution in [0.1, 0.15) is 31.2 Å². The number of anilines is 1. The van der Waals surface area contributed by atoms with E-state index in [1.165, 1.54) is 34.7 Å². The maximum absolute atomic E-state index is 12.7. The maximum Gasteiger partial charge on any atom is 0.249 e. The highest BCUT2D eigenvalue weighted by Gasteiger charge is 2.22. The van der Waals surface area contributed by atoms with E-state index in [0.717, 1.165) is 36.6 Å². The van der Waals surface area contributed by atoms with Crippen molar-refractivity contribution in [1.82, 2.24) is 20.8 Å². The number of carbonyl (C=O) groups excluding carboxylic acids is 2. The molecule has 1 aromatic heterocycles. The van der Waals surface area contributed by atoms with E-state index in [9.17, 15) is 9.59 Å². The highest BCUT2D eigenvalue weighted by atomic mass is 32.2. The number of benzene rings is 1. The molecule has 1 aliphatic heterocycles. The molecule has 2 heterocycles. The number of nitrogens with zero attached hydrogens (tertiary/aromatic N) is 2. The average Bonchev–Trinajstić information content (AvgIpc) is 3.24. The summed E-state index contributed by atoms with van der Waals surface area (Å²) in [7, 11) is 0. The summed E-state index contributed by atoms with van der Waals surface area (Å²) in [5, 5.41) is 17.5. The van der Waals surface area contributed by atoms with E-state index in [-0.39, 0.29) is 23.9 Å². The molecule has 2 atom stereocenters. The number of hydrogen-bond donors (Lipinski definition) is 3. The van der Waals surface area contributed by atoms with Gasteiger partial charge in [-0.3, -0.25) is 14.9 Å². The van der Waals surface area contributed by atoms with Gasteiger partial charge < -0.3 is 10.6 Å². The third-order valence-corrected chi connectivity index (χ3v) is 6.65. The first-order chi connectivity index (χ1) is 14.6. The molecule has 0 bridgehead atoms. The molecular weight excluding hydrogens is 418 g/mol. The van der Waals surface area contributed by atoms with Gasteiger partial charge in [0.05, 0.1) is 6.04 Å². The van der Waals surface area contributed by atoms with Crippen LogP contribution in [0.2, 0.25) is 0 Å². The lowest BCUT2D eigenvalue weighted by atomic mass is 10.0. The topological polar surface area (TPSA) is 96.0 Å². The molecule has 1 aromatic carbocycles. The molecule has 7 nitrogen and oxygen atoms in total. The minimum atomic E-state index is -0.284. The fraction of sp³-hybridized carbons (Fsp3) is 0.429. The van der Waals surface area contributed by atoms with Crippen LogP contribution in [0.4, 0.5) is 5.13 Å². The van der Waals surface area contributed by atoms with Crippen molar-refractivity contribution < 1.29 is 9.59 Å². The number of amides is 2. The fourth-order valence-corrected chi connectivity index (χ4v) is 4.41. The molecule has 0 saturated carbocycles. The van der Waals surface area contributed by atoms with Crippen LogP contribution in [0, 0.1) is 0 Å². The number of rotatable bonds is 9. The molecule has 3 rings (SSSR count). The Labute approximate surface area is 185 Å². The monoisotopic (exact) mass is 445 g/mol. The standard InChI is InChI=1S/C21H27N5O2S2/c1-29-21-26-25-20(30-21)24-18(27)13-12-16(11-10-15-7-3-2-4-8-15)23-19(28)17-9-5-6-14-22-17/h2-4,7-8,12-13,16-17,22H,5-6,9-11,14H2,1H3,(H,23,28)(H,24,25,27)/b13-12+/t16-,17?/m0/s1. The van der Waals surface area contributed by atoms with Gasteiger partial charge in [-0.2, -0.15) is 0 Å². The second-order valence-electron chi connectivity index (χ2n) is 7.07. The molecule has 0 radical (unpaired) electrons. The molecule has 0 spiro atoms. The van der Waals surface area contributed by atoms with E-state index in [2.05, 4.69) is 38.3 Å². The molecule has 3 N–H and O–H groups in total. The Balaban J connectivity index is 1.60. The van der Waals surface area contributed by atoms with Crippen LogP contribution in [-0.2, 0) is 16.0 Å². The first kappa shape index (κ1) is 22.5. The van der Waals surface area contributed by atoms with Gasteiger partial charge in [-0.15, -0.1) is 10.2 Å². The van der Waals surface area contributed by atoms with Crippen molar-refractivity contribution in [1.29, 1.82) is 0 Å². The van der Waals surface area contributed by atoms with Crippen molar-refractivity contribution in [2.45, 2.75) is 48.5 Å². The summed E-state index contributed by atoms with van der Waals surface area (Å²) in [5.74, 6) is -0.292. The molecule has 1 aliphatic rings. The van der Waals surface area contributed by atoms with E-state index < -0.39 is 0 Å². The Hall–Kier alpha value is -2.23. The Morgan fingerprint density at radius 1 is 1.30 bits per heavy atom. The van der Waals surface area contributed by atoms with Crippen LogP contribution in [0.15, 0.2) is 46.8 Å². The Morgan fingerprint density at radius 3 is 2.83 bits per heavy atom. The normalized spacial score (nSPS) is 17.6. The molecular formula is C21H27N5O2S2. The summed E-state index contributed by atoms with van der Waals surface area (Å²) >= 11 is 2.81. The van der Waals surface area contributed by atoms with Crippen LogP contribution in [0.25, 0.3) is 0 Å². The number of thioether (sulfide) groups is 1. The number of nitrogens with one attached hydrogen (secondary N) is 3. The van der Waals surface area contributed by atoms with E-state index >= 15 is 0 Å². The summed E-state index contributed by atoms with van der Waals surface area (Å²) in [4.78, 5) is 24.9. The highest BCUT2D eigenvalue weighted by molar-refractivity contribution is 8.00. The molecule has 1 unspecified atom stereocenters. The number of piperidine rings is 1. The second kappa shape index (κ2) is 11.8. The van der Waals surface area contributed by atoms with Gasteiger partial charge in [0.25, 0.3) is 0 Å². The van der Waals surface area contributed by atoms with Gasteiger partial charge >= 0.3 is 0 Å². The zero-order valence-electron chi connectivity index (χ0n) is 17.0. The second-order valence-corrected chi connectivity index (χ2v) is 9.10. The first-order valence-electron chi connectivity index (χ1n) is 10.1. The van der Waals surface area contributed by atoms with Crippen molar-refractivity contribution in [2.75, 3.05) is 18.1 Å². The molecule has 160 valence electrons. The minimum Gasteiger partial charge on any atom is -0.349 e. The van der Waals surface area contributed by atoms with Crippen molar-refractivity contribution in [2.24, 2.45) is 0 Å². The molecule has 2 aromatic rings. The van der Waals surface area contributed by atoms with Crippen LogP contribution < -0.4 is 16.0 Å². The van der Waals surface area contributed by atoms with Crippen molar-refractivity contribution in [3.63, 3.8) is 0 Å². The third-order valence-electron chi connectivity index (χ3n) is 4.83. The molecule has 1 saturated heterocycles. The lowest BCUT2D eigenvalue weighted by molar-refractivity contribution is -0.124. The van der Waals surface area contributed by atoms with E-state index in [1.807, 2.05) is 24.5 Å². The maximum atomic E-state index is 12.7. The van der Waals surface area contributed by atoms with Gasteiger partial charge in [0.15, 0.2) is 4.34 Å². The van der Waals surface area contributed by atoms with Crippen molar-refractivity contribution in [3.05, 3.63) is 48.0 Å². The zero-order valence-corrected chi connectivity index (χ0v) is 18.6. The molecule has 1 fully saturated rings. The lowest BCUT2D eigenvalue weighted by Gasteiger charge is -2.25. The summed E-state index contributed by atoms with van der Waals surface area (Å²) in [5.41, 5.74) is 1.20. The van der Waals surface area contributed by atoms with Crippen LogP contribution in [0.3, 0.4) is 0 Å². The third kappa shape index (κ3) is 7.23. The van der Waals surface area contributed by atoms with Gasteiger partial charge in [0, 0.05) is 12.1 Å². The predicted molar refractivity (Wildman–Crippen MR) is 122 cm³/mol. The highest BCUT2D eigenvalue weighted by Crippen LogP contribution is 2.23. The lowest BCUT2D eigenvalue weighted by Crippen LogP contribution is -2.49. The minimum absolute atomic E-state index is 0.00782. The molecule has 0 aliphatic carbocycles. The summed E-state index contributed by atoms with van der Waals surface area (Å²) in [6.45, 7) is 0.866. The molecule has 9 heteroatoms. The number of hydrogen-bond acceptors (Lipinski definition) is 7. The van der Waals surface area contributed by atoms with Gasteiger partial charge in [-0.1, -0.05) is 65.9 Å². The largest absolute Gasteiger partial charge is 0.349 e. The van der Waals surface area contributed by atoms with Gasteiger partial charge in [-0.25, -0.2) is 0 Å². The SMILES string of the molecule is CSc1nnc(NC(=O)/C=C/[C@H](CCc2ccccc2)NC(=O)C2CCCCN2)s1. The number of aryl methyl sites for hydroxylation is 1. The number of aromatic nitrogens is 2. The predicted octanol–water partition coefficient (Wildman–Crippen LogP) is 3.01. The van der Waals surface area contributed by atoms with Gasteiger partial charge in [0.1, 0.15) is 0 Å². The van der Waals surface area contributed by atoms with E-state index in [4.69, 9.17) is 0 Å². The fourth-order valence-electron chi connectivity index (χ4n) is 3.24. The van der Waals surface area contributed by atoms with Crippen molar-refractivity contribution in [3.8, 4) is 0 Å². The van der Waals surface area contributed by atoms with Gasteiger partial charge in [-0.05, 0) is 44.0 Å². The summed E-state index contributed by atoms with van der Waals surface area (Å²) < 4.78 is 0.794. The Bertz CT molecular complexity index is 850. The molecule has 2 amide bonds. The Morgan fingerprint density at radius 2 is 2.13 bits per heavy atom. The summed E-state index contributed by atoms with van der Waals surface area (Å²) in [6.07, 6.45) is 9.65. The van der Waals surface area contributed by atoms with E-state index in [1.54, 1.807) is 6.08 Å². The summed E-state index contributed by atoms with van der Waals surface area (Å²) in [6, 6.07) is 9.73. The molecule has 30 heavy (non-hydrogen) atoms. The van der Waals surface area contributed by atoms with Crippen LogP contribution >= 0.6 is 23.1 Å². The van der Waals surface area contributed by atoms with Crippen molar-refractivity contribution >= 4 is 40.0 Å².